The van der Waals surface area contributed by atoms with Gasteiger partial charge in [0.1, 0.15) is 28.6 Å². The van der Waals surface area contributed by atoms with Crippen molar-refractivity contribution in [2.75, 3.05) is 19.4 Å². The maximum atomic E-state index is 12.6. The van der Waals surface area contributed by atoms with Gasteiger partial charge in [0.25, 0.3) is 0 Å². The van der Waals surface area contributed by atoms with E-state index in [0.29, 0.717) is 18.8 Å². The number of benzene rings is 2. The zero-order chi connectivity index (χ0) is 25.5. The molecule has 2 aliphatic rings. The number of hydrogen-bond acceptors (Lipinski definition) is 5. The maximum Gasteiger partial charge on any atom is 0.226 e. The number of carbonyl (C=O) groups excluding carboxylic acids is 1. The first-order chi connectivity index (χ1) is 18.0. The quantitative estimate of drug-likeness (QED) is 0.388. The van der Waals surface area contributed by atoms with Crippen LogP contribution >= 0.6 is 0 Å². The minimum absolute atomic E-state index is 0.139. The van der Waals surface area contributed by atoms with Crippen molar-refractivity contribution in [1.82, 2.24) is 19.3 Å². The van der Waals surface area contributed by atoms with Crippen LogP contribution in [0.2, 0.25) is 0 Å². The molecule has 2 aromatic heterocycles. The number of para-hydroxylation sites is 1. The third kappa shape index (κ3) is 4.04. The van der Waals surface area contributed by atoms with E-state index in [2.05, 4.69) is 52.7 Å². The summed E-state index contributed by atoms with van der Waals surface area (Å²) in [5.74, 6) is 2.79. The Kier molecular flexibility index (Phi) is 5.91. The van der Waals surface area contributed by atoms with Crippen LogP contribution in [0.4, 0.5) is 5.82 Å². The van der Waals surface area contributed by atoms with Crippen molar-refractivity contribution in [3.8, 4) is 17.0 Å². The third-order valence-electron chi connectivity index (χ3n) is 7.86. The molecule has 3 atom stereocenters. The number of rotatable bonds is 5. The van der Waals surface area contributed by atoms with Crippen LogP contribution in [0.1, 0.15) is 55.0 Å². The summed E-state index contributed by atoms with van der Waals surface area (Å²) in [5, 5.41) is 0. The molecule has 0 bridgehead atoms. The standard InChI is InChI=1S/C30H31N5O2/c1-19(24-7-3-4-8-25(24)37-2)20-10-12-21(13-11-20)27-28-29(31)32-16-17-34(28)30(33-27)22-14-15-23-6-5-9-26(36)35(23)18-22/h3-8,10-13,16-17,19,22-23H,9,14-15,18H2,1-2H3,(H2,31,32)/t19-,22+,23+/m0/s1. The van der Waals surface area contributed by atoms with Gasteiger partial charge in [-0.25, -0.2) is 9.97 Å². The number of aromatic nitrogens is 3. The van der Waals surface area contributed by atoms with Crippen molar-refractivity contribution in [1.29, 1.82) is 0 Å². The molecule has 1 fully saturated rings. The molecule has 0 spiro atoms. The summed E-state index contributed by atoms with van der Waals surface area (Å²) in [5.41, 5.74) is 11.4. The highest BCUT2D eigenvalue weighted by atomic mass is 16.5. The summed E-state index contributed by atoms with van der Waals surface area (Å²) < 4.78 is 7.65. The summed E-state index contributed by atoms with van der Waals surface area (Å²) in [4.78, 5) is 24.1. The molecule has 2 N–H and O–H groups in total. The molecular weight excluding hydrogens is 462 g/mol. The van der Waals surface area contributed by atoms with Gasteiger partial charge in [0.05, 0.1) is 13.2 Å². The van der Waals surface area contributed by atoms with Crippen molar-refractivity contribution in [3.63, 3.8) is 0 Å². The second kappa shape index (κ2) is 9.39. The number of hydrogen-bond donors (Lipinski definition) is 1. The van der Waals surface area contributed by atoms with Crippen LogP contribution in [0.15, 0.2) is 73.1 Å². The Balaban J connectivity index is 1.36. The van der Waals surface area contributed by atoms with Crippen LogP contribution in [0.5, 0.6) is 5.75 Å². The number of fused-ring (bicyclic) bond motifs is 2. The van der Waals surface area contributed by atoms with E-state index in [1.807, 2.05) is 35.4 Å². The second-order valence-corrected chi connectivity index (χ2v) is 9.96. The Morgan fingerprint density at radius 2 is 1.92 bits per heavy atom. The van der Waals surface area contributed by atoms with Gasteiger partial charge in [-0.3, -0.25) is 9.20 Å². The van der Waals surface area contributed by atoms with Crippen molar-refractivity contribution in [2.45, 2.75) is 44.1 Å². The second-order valence-electron chi connectivity index (χ2n) is 9.96. The Morgan fingerprint density at radius 3 is 2.73 bits per heavy atom. The summed E-state index contributed by atoms with van der Waals surface area (Å²) in [7, 11) is 1.71. The molecule has 4 aromatic rings. The minimum atomic E-state index is 0.139. The average molecular weight is 494 g/mol. The molecule has 6 rings (SSSR count). The van der Waals surface area contributed by atoms with Crippen LogP contribution < -0.4 is 10.5 Å². The number of anilines is 1. The van der Waals surface area contributed by atoms with E-state index >= 15 is 0 Å². The molecule has 1 amide bonds. The fourth-order valence-electron chi connectivity index (χ4n) is 5.84. The van der Waals surface area contributed by atoms with Crippen LogP contribution in [-0.2, 0) is 4.79 Å². The summed E-state index contributed by atoms with van der Waals surface area (Å²) in [6.07, 6.45) is 10.2. The molecule has 0 radical (unpaired) electrons. The number of methoxy groups -OCH3 is 1. The molecule has 4 heterocycles. The molecule has 0 unspecified atom stereocenters. The van der Waals surface area contributed by atoms with Gasteiger partial charge in [-0.05, 0) is 24.5 Å². The molecule has 7 heteroatoms. The summed E-state index contributed by atoms with van der Waals surface area (Å²) >= 11 is 0. The first-order valence-corrected chi connectivity index (χ1v) is 12.9. The van der Waals surface area contributed by atoms with E-state index in [0.717, 1.165) is 46.8 Å². The minimum Gasteiger partial charge on any atom is -0.496 e. The Morgan fingerprint density at radius 1 is 1.11 bits per heavy atom. The fraction of sp³-hybridized carbons (Fsp3) is 0.300. The van der Waals surface area contributed by atoms with Crippen LogP contribution in [0.3, 0.4) is 0 Å². The van der Waals surface area contributed by atoms with Crippen molar-refractivity contribution >= 4 is 17.2 Å². The molecule has 1 saturated heterocycles. The highest BCUT2D eigenvalue weighted by molar-refractivity contribution is 5.85. The van der Waals surface area contributed by atoms with Gasteiger partial charge in [0.2, 0.25) is 5.91 Å². The maximum absolute atomic E-state index is 12.6. The molecule has 188 valence electrons. The van der Waals surface area contributed by atoms with Gasteiger partial charge in [-0.15, -0.1) is 0 Å². The molecule has 0 aliphatic carbocycles. The fourth-order valence-corrected chi connectivity index (χ4v) is 5.84. The van der Waals surface area contributed by atoms with Gasteiger partial charge in [0, 0.05) is 48.3 Å². The van der Waals surface area contributed by atoms with Gasteiger partial charge in [-0.1, -0.05) is 61.5 Å². The Labute approximate surface area is 216 Å². The van der Waals surface area contributed by atoms with E-state index in [1.54, 1.807) is 13.3 Å². The van der Waals surface area contributed by atoms with E-state index in [4.69, 9.17) is 15.5 Å². The number of amides is 1. The first kappa shape index (κ1) is 23.3. The zero-order valence-corrected chi connectivity index (χ0v) is 21.2. The molecule has 7 nitrogen and oxygen atoms in total. The zero-order valence-electron chi connectivity index (χ0n) is 21.2. The van der Waals surface area contributed by atoms with Crippen LogP contribution in [0.25, 0.3) is 16.8 Å². The van der Waals surface area contributed by atoms with Crippen LogP contribution in [0, 0.1) is 0 Å². The van der Waals surface area contributed by atoms with Gasteiger partial charge < -0.3 is 15.4 Å². The Hall–Kier alpha value is -4.13. The van der Waals surface area contributed by atoms with Gasteiger partial charge >= 0.3 is 0 Å². The molecule has 2 aliphatic heterocycles. The molecule has 2 aromatic carbocycles. The highest BCUT2D eigenvalue weighted by Crippen LogP contribution is 2.37. The number of nitrogen functional groups attached to an aromatic ring is 1. The molecule has 0 saturated carbocycles. The number of nitrogens with two attached hydrogens (primary N) is 1. The lowest BCUT2D eigenvalue weighted by Crippen LogP contribution is -2.47. The van der Waals surface area contributed by atoms with Crippen LogP contribution in [-0.4, -0.2) is 44.9 Å². The SMILES string of the molecule is COc1ccccc1[C@@H](C)c1ccc(-c2nc([C@@H]3CC[C@H]4C=CCC(=O)N4C3)n3ccnc(N)c23)cc1. The van der Waals surface area contributed by atoms with E-state index in [-0.39, 0.29) is 23.8 Å². The summed E-state index contributed by atoms with van der Waals surface area (Å²) in [6.45, 7) is 2.86. The normalized spacial score (nSPS) is 20.2. The largest absolute Gasteiger partial charge is 0.496 e. The predicted molar refractivity (Wildman–Crippen MR) is 145 cm³/mol. The monoisotopic (exact) mass is 493 g/mol. The van der Waals surface area contributed by atoms with Crippen molar-refractivity contribution < 1.29 is 9.53 Å². The summed E-state index contributed by atoms with van der Waals surface area (Å²) in [6, 6.07) is 16.8. The van der Waals surface area contributed by atoms with Gasteiger partial charge in [0.15, 0.2) is 0 Å². The third-order valence-corrected chi connectivity index (χ3v) is 7.86. The van der Waals surface area contributed by atoms with E-state index in [1.165, 1.54) is 5.56 Å². The van der Waals surface area contributed by atoms with Crippen molar-refractivity contribution in [3.05, 3.63) is 90.0 Å². The van der Waals surface area contributed by atoms with E-state index in [9.17, 15) is 4.79 Å². The average Bonchev–Trinajstić information content (AvgIpc) is 3.34. The number of imidazole rings is 1. The number of piperidine rings is 1. The lowest BCUT2D eigenvalue weighted by atomic mass is 9.90. The smallest absolute Gasteiger partial charge is 0.226 e. The first-order valence-electron chi connectivity index (χ1n) is 12.9. The molecular formula is C30H31N5O2. The molecule has 37 heavy (non-hydrogen) atoms. The Bertz CT molecular complexity index is 1490. The number of nitrogens with zero attached hydrogens (tertiary/aromatic N) is 4. The lowest BCUT2D eigenvalue weighted by Gasteiger charge is -2.39. The number of carbonyl (C=O) groups is 1. The topological polar surface area (TPSA) is 85.8 Å². The number of ether oxygens (including phenoxy) is 1. The van der Waals surface area contributed by atoms with Gasteiger partial charge in [-0.2, -0.15) is 0 Å². The van der Waals surface area contributed by atoms with Crippen molar-refractivity contribution in [2.24, 2.45) is 0 Å². The lowest BCUT2D eigenvalue weighted by molar-refractivity contribution is -0.133. The van der Waals surface area contributed by atoms with E-state index < -0.39 is 0 Å². The highest BCUT2D eigenvalue weighted by Gasteiger charge is 2.34. The predicted octanol–water partition coefficient (Wildman–Crippen LogP) is 5.17.